The van der Waals surface area contributed by atoms with Crippen LogP contribution in [-0.4, -0.2) is 57.8 Å². The van der Waals surface area contributed by atoms with Gasteiger partial charge in [0.15, 0.2) is 11.5 Å². The highest BCUT2D eigenvalue weighted by Crippen LogP contribution is 2.28. The number of carbonyl (C=O) groups is 1. The molecule has 6 heteroatoms. The molecule has 1 heterocycles. The highest BCUT2D eigenvalue weighted by Gasteiger charge is 2.16. The van der Waals surface area contributed by atoms with Gasteiger partial charge >= 0.3 is 0 Å². The Kier molecular flexibility index (Phi) is 7.36. The lowest BCUT2D eigenvalue weighted by Gasteiger charge is -2.36. The van der Waals surface area contributed by atoms with Crippen LogP contribution in [0.3, 0.4) is 0 Å². The smallest absolute Gasteiger partial charge is 0.228 e. The van der Waals surface area contributed by atoms with Gasteiger partial charge < -0.3 is 19.7 Å². The lowest BCUT2D eigenvalue weighted by molar-refractivity contribution is -0.115. The number of rotatable bonds is 8. The molecule has 1 fully saturated rings. The van der Waals surface area contributed by atoms with Gasteiger partial charge in [-0.05, 0) is 54.9 Å². The minimum atomic E-state index is -0.0573. The van der Waals surface area contributed by atoms with Crippen LogP contribution >= 0.6 is 0 Å². The second-order valence-corrected chi connectivity index (χ2v) is 7.29. The highest BCUT2D eigenvalue weighted by molar-refractivity contribution is 5.92. The lowest BCUT2D eigenvalue weighted by atomic mass is 10.1. The van der Waals surface area contributed by atoms with Crippen LogP contribution in [0.15, 0.2) is 42.5 Å². The first kappa shape index (κ1) is 21.0. The summed E-state index contributed by atoms with van der Waals surface area (Å²) < 4.78 is 10.5. The zero-order valence-electron chi connectivity index (χ0n) is 17.6. The fourth-order valence-electron chi connectivity index (χ4n) is 3.68. The first-order valence-electron chi connectivity index (χ1n) is 10.2. The van der Waals surface area contributed by atoms with Crippen molar-refractivity contribution < 1.29 is 14.3 Å². The number of piperazine rings is 1. The molecule has 1 saturated heterocycles. The van der Waals surface area contributed by atoms with Gasteiger partial charge in [-0.25, -0.2) is 0 Å². The van der Waals surface area contributed by atoms with Gasteiger partial charge in [-0.2, -0.15) is 0 Å². The van der Waals surface area contributed by atoms with Crippen LogP contribution in [0.4, 0.5) is 11.4 Å². The molecule has 0 aliphatic carbocycles. The maximum atomic E-state index is 12.4. The van der Waals surface area contributed by atoms with Gasteiger partial charge in [-0.3, -0.25) is 9.69 Å². The van der Waals surface area contributed by atoms with Crippen LogP contribution < -0.4 is 19.7 Å². The summed E-state index contributed by atoms with van der Waals surface area (Å²) >= 11 is 0. The van der Waals surface area contributed by atoms with Crippen LogP contribution in [0.1, 0.15) is 18.9 Å². The Balaban J connectivity index is 1.54. The number of nitrogens with zero attached hydrogens (tertiary/aromatic N) is 2. The fourth-order valence-corrected chi connectivity index (χ4v) is 3.68. The molecule has 2 aromatic rings. The van der Waals surface area contributed by atoms with Crippen molar-refractivity contribution in [3.63, 3.8) is 0 Å². The highest BCUT2D eigenvalue weighted by atomic mass is 16.5. The number of methoxy groups -OCH3 is 2. The number of benzene rings is 2. The first-order valence-corrected chi connectivity index (χ1v) is 10.2. The third kappa shape index (κ3) is 5.64. The second kappa shape index (κ2) is 10.2. The Bertz CT molecular complexity index is 800. The van der Waals surface area contributed by atoms with Crippen molar-refractivity contribution in [2.75, 3.05) is 57.2 Å². The minimum Gasteiger partial charge on any atom is -0.493 e. The number of amides is 1. The number of hydrogen-bond donors (Lipinski definition) is 1. The Hall–Kier alpha value is -2.73. The molecule has 2 aromatic carbocycles. The van der Waals surface area contributed by atoms with Crippen molar-refractivity contribution in [2.24, 2.45) is 0 Å². The maximum absolute atomic E-state index is 12.4. The third-order valence-electron chi connectivity index (χ3n) is 5.24. The standard InChI is InChI=1S/C23H31N3O3/c1-4-11-25-12-14-26(15-13-25)20-8-6-19(7-9-20)24-23(27)17-18-5-10-21(28-2)22(16-18)29-3/h5-10,16H,4,11-15,17H2,1-3H3,(H,24,27). The van der Waals surface area contributed by atoms with E-state index in [0.29, 0.717) is 11.5 Å². The zero-order chi connectivity index (χ0) is 20.6. The molecule has 0 unspecified atom stereocenters. The third-order valence-corrected chi connectivity index (χ3v) is 5.24. The molecular weight excluding hydrogens is 366 g/mol. The number of anilines is 2. The summed E-state index contributed by atoms with van der Waals surface area (Å²) in [5.41, 5.74) is 2.89. The van der Waals surface area contributed by atoms with Gasteiger partial charge in [0.1, 0.15) is 0 Å². The predicted octanol–water partition coefficient (Wildman–Crippen LogP) is 3.42. The normalized spacial score (nSPS) is 14.5. The largest absolute Gasteiger partial charge is 0.493 e. The molecule has 1 aliphatic heterocycles. The van der Waals surface area contributed by atoms with Gasteiger partial charge in [0, 0.05) is 37.6 Å². The molecule has 0 bridgehead atoms. The summed E-state index contributed by atoms with van der Waals surface area (Å²) in [5.74, 6) is 1.22. The van der Waals surface area contributed by atoms with Crippen LogP contribution in [0.5, 0.6) is 11.5 Å². The molecule has 0 radical (unpaired) electrons. The van der Waals surface area contributed by atoms with Crippen molar-refractivity contribution in [1.29, 1.82) is 0 Å². The van der Waals surface area contributed by atoms with E-state index < -0.39 is 0 Å². The Morgan fingerprint density at radius 2 is 1.66 bits per heavy atom. The lowest BCUT2D eigenvalue weighted by Crippen LogP contribution is -2.46. The van der Waals surface area contributed by atoms with E-state index in [1.807, 2.05) is 30.3 Å². The van der Waals surface area contributed by atoms with Gasteiger partial charge in [-0.1, -0.05) is 13.0 Å². The molecule has 0 atom stereocenters. The van der Waals surface area contributed by atoms with Crippen molar-refractivity contribution >= 4 is 17.3 Å². The van der Waals surface area contributed by atoms with Gasteiger partial charge in [0.25, 0.3) is 0 Å². The summed E-state index contributed by atoms with van der Waals surface area (Å²) in [7, 11) is 3.19. The van der Waals surface area contributed by atoms with Crippen molar-refractivity contribution in [2.45, 2.75) is 19.8 Å². The van der Waals surface area contributed by atoms with E-state index in [0.717, 1.165) is 37.4 Å². The number of hydrogen-bond acceptors (Lipinski definition) is 5. The van der Waals surface area contributed by atoms with Crippen LogP contribution in [0.25, 0.3) is 0 Å². The van der Waals surface area contributed by atoms with Crippen molar-refractivity contribution in [3.8, 4) is 11.5 Å². The molecule has 1 N–H and O–H groups in total. The Morgan fingerprint density at radius 3 is 2.28 bits per heavy atom. The average Bonchev–Trinajstić information content (AvgIpc) is 2.75. The van der Waals surface area contributed by atoms with Crippen molar-refractivity contribution in [1.82, 2.24) is 4.90 Å². The summed E-state index contributed by atoms with van der Waals surface area (Å²) in [6.45, 7) is 7.72. The van der Waals surface area contributed by atoms with E-state index in [1.54, 1.807) is 14.2 Å². The molecule has 0 saturated carbocycles. The van der Waals surface area contributed by atoms with Crippen LogP contribution in [0, 0.1) is 0 Å². The van der Waals surface area contributed by atoms with Gasteiger partial charge in [0.05, 0.1) is 20.6 Å². The summed E-state index contributed by atoms with van der Waals surface area (Å²) in [5, 5.41) is 2.97. The van der Waals surface area contributed by atoms with Gasteiger partial charge in [0.2, 0.25) is 5.91 Å². The molecule has 0 spiro atoms. The monoisotopic (exact) mass is 397 g/mol. The molecule has 1 amide bonds. The molecular formula is C23H31N3O3. The molecule has 6 nitrogen and oxygen atoms in total. The van der Waals surface area contributed by atoms with E-state index in [1.165, 1.54) is 18.7 Å². The topological polar surface area (TPSA) is 54.0 Å². The van der Waals surface area contributed by atoms with Gasteiger partial charge in [-0.15, -0.1) is 0 Å². The summed E-state index contributed by atoms with van der Waals surface area (Å²) in [6, 6.07) is 13.6. The molecule has 3 rings (SSSR count). The van der Waals surface area contributed by atoms with E-state index in [9.17, 15) is 4.79 Å². The average molecular weight is 398 g/mol. The molecule has 0 aromatic heterocycles. The van der Waals surface area contributed by atoms with Crippen LogP contribution in [-0.2, 0) is 11.2 Å². The van der Waals surface area contributed by atoms with E-state index >= 15 is 0 Å². The Labute approximate surface area is 173 Å². The predicted molar refractivity (Wildman–Crippen MR) is 117 cm³/mol. The quantitative estimate of drug-likeness (QED) is 0.740. The van der Waals surface area contributed by atoms with E-state index in [2.05, 4.69) is 34.2 Å². The fraction of sp³-hybridized carbons (Fsp3) is 0.435. The Morgan fingerprint density at radius 1 is 0.966 bits per heavy atom. The maximum Gasteiger partial charge on any atom is 0.228 e. The number of carbonyl (C=O) groups excluding carboxylic acids is 1. The summed E-state index contributed by atoms with van der Waals surface area (Å²) in [4.78, 5) is 17.3. The minimum absolute atomic E-state index is 0.0573. The number of ether oxygens (including phenoxy) is 2. The molecule has 29 heavy (non-hydrogen) atoms. The SMILES string of the molecule is CCCN1CCN(c2ccc(NC(=O)Cc3ccc(OC)c(OC)c3)cc2)CC1. The molecule has 156 valence electrons. The first-order chi connectivity index (χ1) is 14.1. The van der Waals surface area contributed by atoms with E-state index in [-0.39, 0.29) is 12.3 Å². The van der Waals surface area contributed by atoms with E-state index in [4.69, 9.17) is 9.47 Å². The zero-order valence-corrected chi connectivity index (χ0v) is 17.6. The van der Waals surface area contributed by atoms with Crippen molar-refractivity contribution in [3.05, 3.63) is 48.0 Å². The second-order valence-electron chi connectivity index (χ2n) is 7.29. The number of nitrogens with one attached hydrogen (secondary N) is 1. The summed E-state index contributed by atoms with van der Waals surface area (Å²) in [6.07, 6.45) is 1.49. The van der Waals surface area contributed by atoms with Crippen LogP contribution in [0.2, 0.25) is 0 Å². The molecule has 1 aliphatic rings.